The first-order valence-corrected chi connectivity index (χ1v) is 5.95. The molecular formula is C13H18N2O2. The molecule has 92 valence electrons. The van der Waals surface area contributed by atoms with Crippen LogP contribution < -0.4 is 5.73 Å². The first kappa shape index (κ1) is 11.9. The first-order chi connectivity index (χ1) is 8.20. The van der Waals surface area contributed by atoms with Crippen molar-refractivity contribution in [1.82, 2.24) is 4.90 Å². The lowest BCUT2D eigenvalue weighted by atomic mass is 10.1. The summed E-state index contributed by atoms with van der Waals surface area (Å²) in [4.78, 5) is 13.8. The van der Waals surface area contributed by atoms with E-state index in [1.807, 2.05) is 12.1 Å². The van der Waals surface area contributed by atoms with Gasteiger partial charge in [-0.15, -0.1) is 0 Å². The highest BCUT2D eigenvalue weighted by atomic mass is 16.3. The highest BCUT2D eigenvalue weighted by Crippen LogP contribution is 2.18. The van der Waals surface area contributed by atoms with Gasteiger partial charge in [0.25, 0.3) is 0 Å². The molecule has 1 aliphatic heterocycles. The largest absolute Gasteiger partial charge is 0.399 e. The molecule has 0 saturated carbocycles. The van der Waals surface area contributed by atoms with Crippen LogP contribution in [0, 0.1) is 0 Å². The van der Waals surface area contributed by atoms with Crippen LogP contribution in [0.4, 0.5) is 5.69 Å². The zero-order chi connectivity index (χ0) is 12.3. The van der Waals surface area contributed by atoms with Gasteiger partial charge in [-0.3, -0.25) is 4.79 Å². The Morgan fingerprint density at radius 2 is 2.12 bits per heavy atom. The van der Waals surface area contributed by atoms with E-state index >= 15 is 0 Å². The fraction of sp³-hybridized carbons (Fsp3) is 0.462. The number of anilines is 1. The summed E-state index contributed by atoms with van der Waals surface area (Å²) in [5, 5.41) is 9.18. The minimum absolute atomic E-state index is 0.0104. The van der Waals surface area contributed by atoms with Gasteiger partial charge in [0, 0.05) is 12.2 Å². The van der Waals surface area contributed by atoms with Crippen LogP contribution in [0.25, 0.3) is 0 Å². The minimum atomic E-state index is 0.0104. The van der Waals surface area contributed by atoms with E-state index in [2.05, 4.69) is 0 Å². The lowest BCUT2D eigenvalue weighted by Crippen LogP contribution is -2.38. The summed E-state index contributed by atoms with van der Waals surface area (Å²) in [6.45, 7) is 0.826. The molecular weight excluding hydrogens is 216 g/mol. The van der Waals surface area contributed by atoms with Crippen LogP contribution in [0.2, 0.25) is 0 Å². The van der Waals surface area contributed by atoms with E-state index in [-0.39, 0.29) is 18.6 Å². The number of hydrogen-bond donors (Lipinski definition) is 2. The van der Waals surface area contributed by atoms with Crippen molar-refractivity contribution in [3.05, 3.63) is 29.8 Å². The maximum atomic E-state index is 12.1. The number of likely N-dealkylation sites (tertiary alicyclic amines) is 1. The zero-order valence-electron chi connectivity index (χ0n) is 9.80. The molecule has 2 rings (SSSR count). The van der Waals surface area contributed by atoms with Crippen LogP contribution in [-0.4, -0.2) is 35.1 Å². The molecule has 1 heterocycles. The van der Waals surface area contributed by atoms with Crippen molar-refractivity contribution < 1.29 is 9.90 Å². The predicted octanol–water partition coefficient (Wildman–Crippen LogP) is 0.795. The number of amides is 1. The Morgan fingerprint density at radius 1 is 1.41 bits per heavy atom. The van der Waals surface area contributed by atoms with Gasteiger partial charge in [-0.1, -0.05) is 12.1 Å². The van der Waals surface area contributed by atoms with Gasteiger partial charge >= 0.3 is 0 Å². The number of nitrogens with two attached hydrogens (primary N) is 1. The number of carbonyl (C=O) groups excluding carboxylic acids is 1. The van der Waals surface area contributed by atoms with Crippen LogP contribution in [-0.2, 0) is 11.2 Å². The van der Waals surface area contributed by atoms with Crippen LogP contribution in [0.1, 0.15) is 18.4 Å². The first-order valence-electron chi connectivity index (χ1n) is 5.95. The van der Waals surface area contributed by atoms with Gasteiger partial charge in [0.15, 0.2) is 0 Å². The van der Waals surface area contributed by atoms with E-state index in [0.717, 1.165) is 24.9 Å². The molecule has 0 radical (unpaired) electrons. The van der Waals surface area contributed by atoms with E-state index in [1.54, 1.807) is 17.0 Å². The smallest absolute Gasteiger partial charge is 0.227 e. The lowest BCUT2D eigenvalue weighted by Gasteiger charge is -2.23. The Hall–Kier alpha value is -1.55. The third-order valence-corrected chi connectivity index (χ3v) is 3.24. The quantitative estimate of drug-likeness (QED) is 0.760. The van der Waals surface area contributed by atoms with E-state index in [9.17, 15) is 9.90 Å². The number of nitrogen functional groups attached to an aromatic ring is 1. The molecule has 1 aliphatic rings. The normalized spacial score (nSPS) is 19.6. The third-order valence-electron chi connectivity index (χ3n) is 3.24. The highest BCUT2D eigenvalue weighted by molar-refractivity contribution is 5.79. The monoisotopic (exact) mass is 234 g/mol. The molecule has 4 heteroatoms. The summed E-state index contributed by atoms with van der Waals surface area (Å²) in [7, 11) is 0. The molecule has 1 fully saturated rings. The molecule has 0 bridgehead atoms. The lowest BCUT2D eigenvalue weighted by molar-refractivity contribution is -0.131. The number of aliphatic hydroxyl groups is 1. The van der Waals surface area contributed by atoms with E-state index in [0.29, 0.717) is 12.1 Å². The zero-order valence-corrected chi connectivity index (χ0v) is 9.80. The average Bonchev–Trinajstić information content (AvgIpc) is 2.80. The summed E-state index contributed by atoms with van der Waals surface area (Å²) in [6, 6.07) is 7.36. The molecule has 0 aliphatic carbocycles. The second-order valence-electron chi connectivity index (χ2n) is 4.48. The molecule has 0 spiro atoms. The fourth-order valence-corrected chi connectivity index (χ4v) is 2.27. The number of hydrogen-bond acceptors (Lipinski definition) is 3. The standard InChI is InChI=1S/C13H18N2O2/c14-11-5-3-10(4-6-11)8-13(17)15-7-1-2-12(15)9-16/h3-6,12,16H,1-2,7-9,14H2. The summed E-state index contributed by atoms with van der Waals surface area (Å²) >= 11 is 0. The Labute approximate surface area is 101 Å². The molecule has 1 aromatic carbocycles. The Morgan fingerprint density at radius 3 is 2.76 bits per heavy atom. The van der Waals surface area contributed by atoms with Gasteiger partial charge in [-0.2, -0.15) is 0 Å². The van der Waals surface area contributed by atoms with Crippen molar-refractivity contribution >= 4 is 11.6 Å². The van der Waals surface area contributed by atoms with Crippen molar-refractivity contribution in [2.75, 3.05) is 18.9 Å². The van der Waals surface area contributed by atoms with Crippen molar-refractivity contribution in [3.63, 3.8) is 0 Å². The maximum absolute atomic E-state index is 12.1. The topological polar surface area (TPSA) is 66.6 Å². The van der Waals surface area contributed by atoms with Crippen molar-refractivity contribution in [2.24, 2.45) is 0 Å². The maximum Gasteiger partial charge on any atom is 0.227 e. The van der Waals surface area contributed by atoms with Gasteiger partial charge < -0.3 is 15.7 Å². The Balaban J connectivity index is 1.99. The van der Waals surface area contributed by atoms with E-state index < -0.39 is 0 Å². The van der Waals surface area contributed by atoms with Crippen LogP contribution in [0.3, 0.4) is 0 Å². The highest BCUT2D eigenvalue weighted by Gasteiger charge is 2.27. The van der Waals surface area contributed by atoms with Gasteiger partial charge in [0.1, 0.15) is 0 Å². The van der Waals surface area contributed by atoms with E-state index in [4.69, 9.17) is 5.73 Å². The SMILES string of the molecule is Nc1ccc(CC(=O)N2CCCC2CO)cc1. The average molecular weight is 234 g/mol. The van der Waals surface area contributed by atoms with Crippen molar-refractivity contribution in [2.45, 2.75) is 25.3 Å². The molecule has 1 atom stereocenters. The molecule has 1 aromatic rings. The molecule has 1 saturated heterocycles. The van der Waals surface area contributed by atoms with Crippen molar-refractivity contribution in [1.29, 1.82) is 0 Å². The number of nitrogens with zero attached hydrogens (tertiary/aromatic N) is 1. The number of aliphatic hydroxyl groups excluding tert-OH is 1. The van der Waals surface area contributed by atoms with Gasteiger partial charge in [-0.05, 0) is 30.5 Å². The summed E-state index contributed by atoms with van der Waals surface area (Å²) < 4.78 is 0. The van der Waals surface area contributed by atoms with Crippen LogP contribution in [0.5, 0.6) is 0 Å². The fourth-order valence-electron chi connectivity index (χ4n) is 2.27. The minimum Gasteiger partial charge on any atom is -0.399 e. The van der Waals surface area contributed by atoms with Gasteiger partial charge in [0.05, 0.1) is 19.1 Å². The summed E-state index contributed by atoms with van der Waals surface area (Å²) in [6.07, 6.45) is 2.28. The number of benzene rings is 1. The molecule has 1 amide bonds. The molecule has 1 unspecified atom stereocenters. The summed E-state index contributed by atoms with van der Waals surface area (Å²) in [5.74, 6) is 0.0892. The second-order valence-corrected chi connectivity index (χ2v) is 4.48. The number of carbonyl (C=O) groups is 1. The van der Waals surface area contributed by atoms with Gasteiger partial charge in [0.2, 0.25) is 5.91 Å². The molecule has 3 N–H and O–H groups in total. The molecule has 4 nitrogen and oxygen atoms in total. The Kier molecular flexibility index (Phi) is 3.64. The third kappa shape index (κ3) is 2.77. The van der Waals surface area contributed by atoms with Crippen LogP contribution >= 0.6 is 0 Å². The second kappa shape index (κ2) is 5.19. The van der Waals surface area contributed by atoms with E-state index in [1.165, 1.54) is 0 Å². The predicted molar refractivity (Wildman–Crippen MR) is 66.4 cm³/mol. The van der Waals surface area contributed by atoms with Gasteiger partial charge in [-0.25, -0.2) is 0 Å². The number of rotatable bonds is 3. The Bertz CT molecular complexity index is 389. The summed E-state index contributed by atoms with van der Waals surface area (Å²) in [5.41, 5.74) is 7.26. The van der Waals surface area contributed by atoms with Crippen molar-refractivity contribution in [3.8, 4) is 0 Å². The van der Waals surface area contributed by atoms with Crippen LogP contribution in [0.15, 0.2) is 24.3 Å². The molecule has 0 aromatic heterocycles. The molecule has 17 heavy (non-hydrogen) atoms.